The predicted molar refractivity (Wildman–Crippen MR) is 215 cm³/mol. The van der Waals surface area contributed by atoms with Crippen molar-refractivity contribution in [3.8, 4) is 17.6 Å². The summed E-state index contributed by atoms with van der Waals surface area (Å²) >= 11 is 0. The molecule has 14 nitrogen and oxygen atoms in total. The molecule has 3 aromatic carbocycles. The Morgan fingerprint density at radius 1 is 0.825 bits per heavy atom. The zero-order valence-corrected chi connectivity index (χ0v) is 34.4. The minimum Gasteiger partial charge on any atom is -0.497 e. The minimum atomic E-state index is -1.83. The molecule has 0 spiro atoms. The predicted octanol–water partition coefficient (Wildman–Crippen LogP) is 6.15. The van der Waals surface area contributed by atoms with Crippen molar-refractivity contribution < 1.29 is 37.5 Å². The first-order valence-electron chi connectivity index (χ1n) is 18.9. The van der Waals surface area contributed by atoms with Gasteiger partial charge >= 0.3 is 5.69 Å². The molecule has 57 heavy (non-hydrogen) atoms. The summed E-state index contributed by atoms with van der Waals surface area (Å²) in [4.78, 5) is 28.0. The normalized spacial score (nSPS) is 18.9. The highest BCUT2D eigenvalue weighted by Gasteiger charge is 2.51. The van der Waals surface area contributed by atoms with Crippen molar-refractivity contribution >= 4 is 8.53 Å². The van der Waals surface area contributed by atoms with E-state index in [1.54, 1.807) is 21.3 Å². The summed E-state index contributed by atoms with van der Waals surface area (Å²) in [7, 11) is 2.98. The van der Waals surface area contributed by atoms with Crippen LogP contribution in [0.2, 0.25) is 0 Å². The number of hydrogen-bond donors (Lipinski definition) is 1. The Balaban J connectivity index is 1.65. The van der Waals surface area contributed by atoms with E-state index in [0.717, 1.165) is 16.7 Å². The van der Waals surface area contributed by atoms with E-state index in [1.165, 1.54) is 16.8 Å². The summed E-state index contributed by atoms with van der Waals surface area (Å²) in [6, 6.07) is 28.6. The Hall–Kier alpha value is -4.42. The number of rotatable bonds is 21. The zero-order valence-electron chi connectivity index (χ0n) is 33.5. The van der Waals surface area contributed by atoms with Gasteiger partial charge in [0.2, 0.25) is 0 Å². The molecule has 0 bridgehead atoms. The third-order valence-electron chi connectivity index (χ3n) is 9.52. The van der Waals surface area contributed by atoms with Crippen LogP contribution in [0.3, 0.4) is 0 Å². The monoisotopic (exact) mass is 804 g/mol. The molecule has 5 atom stereocenters. The maximum atomic E-state index is 13.5. The maximum absolute atomic E-state index is 13.5. The Labute approximate surface area is 335 Å². The summed E-state index contributed by atoms with van der Waals surface area (Å²) in [5, 5.41) is 9.36. The van der Waals surface area contributed by atoms with E-state index in [9.17, 15) is 14.9 Å². The van der Waals surface area contributed by atoms with Crippen LogP contribution in [0.5, 0.6) is 11.5 Å². The standard InChI is InChI=1S/C42H53N4O10P/c1-29(2)46(30(3)4)57(54-25-11-23-43)56-39-38(52-27-26-49-5)36(55-40(39)45-24-22-37(47)44-41(45)48)28-53-42(31-12-9-8-10-13-31,32-14-18-34(50-6)19-15-32)33-16-20-35(51-7)21-17-33/h8-10,12-22,24,29-30,36,38-40H,11,25-28H2,1-7H3,(H,44,47,48). The van der Waals surface area contributed by atoms with Gasteiger partial charge in [-0.15, -0.1) is 0 Å². The van der Waals surface area contributed by atoms with Crippen molar-refractivity contribution in [2.45, 2.75) is 76.3 Å². The summed E-state index contributed by atoms with van der Waals surface area (Å²) < 4.78 is 53.7. The first-order chi connectivity index (χ1) is 27.6. The molecule has 0 amide bonds. The summed E-state index contributed by atoms with van der Waals surface area (Å²) in [5.74, 6) is 1.36. The molecule has 1 aliphatic rings. The second-order valence-electron chi connectivity index (χ2n) is 13.8. The topological polar surface area (TPSA) is 156 Å². The molecule has 0 radical (unpaired) electrons. The highest BCUT2D eigenvalue weighted by Crippen LogP contribution is 2.51. The van der Waals surface area contributed by atoms with Crippen LogP contribution in [0.15, 0.2) is 101 Å². The third-order valence-corrected chi connectivity index (χ3v) is 11.6. The number of methoxy groups -OCH3 is 3. The Morgan fingerprint density at radius 3 is 1.95 bits per heavy atom. The van der Waals surface area contributed by atoms with Crippen molar-refractivity contribution in [1.29, 1.82) is 5.26 Å². The lowest BCUT2D eigenvalue weighted by atomic mass is 9.80. The lowest BCUT2D eigenvalue weighted by Crippen LogP contribution is -2.43. The van der Waals surface area contributed by atoms with Gasteiger partial charge in [-0.1, -0.05) is 54.6 Å². The number of aromatic amines is 1. The largest absolute Gasteiger partial charge is 0.497 e. The SMILES string of the molecule is COCCOC1C(COC(c2ccccc2)(c2ccc(OC)cc2)c2ccc(OC)cc2)OC(n2ccc(=O)[nH]c2=O)C1OP(OCCC#N)N(C(C)C)C(C)C. The highest BCUT2D eigenvalue weighted by atomic mass is 31.2. The van der Waals surface area contributed by atoms with Crippen LogP contribution >= 0.6 is 8.53 Å². The second kappa shape index (κ2) is 20.8. The van der Waals surface area contributed by atoms with Crippen molar-refractivity contribution in [2.24, 2.45) is 0 Å². The molecule has 5 unspecified atom stereocenters. The fraction of sp³-hybridized carbons (Fsp3) is 0.452. The number of ether oxygens (including phenoxy) is 6. The number of H-pyrrole nitrogens is 1. The molecule has 1 saturated heterocycles. The van der Waals surface area contributed by atoms with Gasteiger partial charge in [0.25, 0.3) is 14.1 Å². The van der Waals surface area contributed by atoms with Crippen LogP contribution in [0.4, 0.5) is 0 Å². The van der Waals surface area contributed by atoms with Crippen molar-refractivity contribution in [3.05, 3.63) is 129 Å². The molecular weight excluding hydrogens is 751 g/mol. The van der Waals surface area contributed by atoms with Crippen LogP contribution in [0, 0.1) is 11.3 Å². The lowest BCUT2D eigenvalue weighted by molar-refractivity contribution is -0.107. The summed E-state index contributed by atoms with van der Waals surface area (Å²) in [6.07, 6.45) is -2.19. The average molecular weight is 805 g/mol. The van der Waals surface area contributed by atoms with Gasteiger partial charge in [-0.25, -0.2) is 9.46 Å². The van der Waals surface area contributed by atoms with Crippen molar-refractivity contribution in [3.63, 3.8) is 0 Å². The van der Waals surface area contributed by atoms with Gasteiger partial charge in [0.15, 0.2) is 6.23 Å². The molecule has 15 heteroatoms. The van der Waals surface area contributed by atoms with Crippen LogP contribution < -0.4 is 20.7 Å². The first-order valence-corrected chi connectivity index (χ1v) is 20.0. The highest BCUT2D eigenvalue weighted by molar-refractivity contribution is 7.44. The van der Waals surface area contributed by atoms with Crippen molar-refractivity contribution in [2.75, 3.05) is 47.8 Å². The lowest BCUT2D eigenvalue weighted by Gasteiger charge is -2.38. The van der Waals surface area contributed by atoms with E-state index in [-0.39, 0.29) is 44.9 Å². The molecule has 4 aromatic rings. The number of hydrogen-bond acceptors (Lipinski definition) is 12. The van der Waals surface area contributed by atoms with E-state index in [2.05, 4.69) is 15.7 Å². The Kier molecular flexibility index (Phi) is 16.0. The van der Waals surface area contributed by atoms with E-state index < -0.39 is 49.9 Å². The van der Waals surface area contributed by atoms with Gasteiger partial charge in [-0.05, 0) is 68.7 Å². The van der Waals surface area contributed by atoms with Crippen molar-refractivity contribution in [1.82, 2.24) is 14.2 Å². The maximum Gasteiger partial charge on any atom is 0.330 e. The molecule has 1 aliphatic heterocycles. The van der Waals surface area contributed by atoms with Crippen LogP contribution in [-0.2, 0) is 33.6 Å². The Bertz CT molecular complexity index is 1930. The van der Waals surface area contributed by atoms with Gasteiger partial charge in [0.05, 0.1) is 53.1 Å². The number of nitriles is 1. The molecule has 0 saturated carbocycles. The number of nitrogens with zero attached hydrogens (tertiary/aromatic N) is 3. The van der Waals surface area contributed by atoms with Gasteiger partial charge in [0.1, 0.15) is 35.4 Å². The molecule has 1 N–H and O–H groups in total. The van der Waals surface area contributed by atoms with E-state index in [4.69, 9.17) is 37.5 Å². The fourth-order valence-electron chi connectivity index (χ4n) is 6.96. The first kappa shape index (κ1) is 43.7. The number of benzene rings is 3. The summed E-state index contributed by atoms with van der Waals surface area (Å²) in [5.41, 5.74) is 0.0362. The molecule has 2 heterocycles. The van der Waals surface area contributed by atoms with E-state index >= 15 is 0 Å². The van der Waals surface area contributed by atoms with Gasteiger partial charge in [-0.3, -0.25) is 14.3 Å². The van der Waals surface area contributed by atoms with Crippen LogP contribution in [-0.4, -0.2) is 92.4 Å². The smallest absolute Gasteiger partial charge is 0.330 e. The van der Waals surface area contributed by atoms with Crippen LogP contribution in [0.25, 0.3) is 0 Å². The van der Waals surface area contributed by atoms with Gasteiger partial charge in [-0.2, -0.15) is 5.26 Å². The average Bonchev–Trinajstić information content (AvgIpc) is 3.54. The van der Waals surface area contributed by atoms with E-state index in [1.807, 2.05) is 107 Å². The van der Waals surface area contributed by atoms with Gasteiger partial charge in [0, 0.05) is 31.5 Å². The number of aromatic nitrogens is 2. The summed E-state index contributed by atoms with van der Waals surface area (Å²) in [6.45, 7) is 8.64. The molecule has 5 rings (SSSR count). The quantitative estimate of drug-likeness (QED) is 0.0583. The fourth-order valence-corrected chi connectivity index (χ4v) is 8.69. The molecule has 0 aliphatic carbocycles. The van der Waals surface area contributed by atoms with Gasteiger partial charge < -0.3 is 37.5 Å². The van der Waals surface area contributed by atoms with E-state index in [0.29, 0.717) is 11.5 Å². The molecular formula is C42H53N4O10P. The molecule has 1 aromatic heterocycles. The third kappa shape index (κ3) is 10.4. The zero-order chi connectivity index (χ0) is 41.0. The number of nitrogens with one attached hydrogen (secondary N) is 1. The second-order valence-corrected chi connectivity index (χ2v) is 15.2. The molecule has 306 valence electrons. The molecule has 1 fully saturated rings. The van der Waals surface area contributed by atoms with Crippen LogP contribution in [0.1, 0.15) is 57.0 Å². The minimum absolute atomic E-state index is 0.0118. The Morgan fingerprint density at radius 2 is 1.42 bits per heavy atom.